The van der Waals surface area contributed by atoms with Gasteiger partial charge in [-0.25, -0.2) is 0 Å². The Morgan fingerprint density at radius 2 is 1.44 bits per heavy atom. The van der Waals surface area contributed by atoms with E-state index in [1.807, 2.05) is 97.9 Å². The van der Waals surface area contributed by atoms with E-state index >= 15 is 0 Å². The van der Waals surface area contributed by atoms with Gasteiger partial charge in [-0.2, -0.15) is 0 Å². The molecular formula is C34H32N2O3. The first-order valence-electron chi connectivity index (χ1n) is 13.0. The lowest BCUT2D eigenvalue weighted by atomic mass is 9.98. The van der Waals surface area contributed by atoms with E-state index in [1.54, 1.807) is 14.2 Å². The second kappa shape index (κ2) is 11.7. The molecule has 4 aromatic carbocycles. The molecule has 1 heterocycles. The molecule has 5 nitrogen and oxygen atoms in total. The number of aromatic nitrogens is 1. The van der Waals surface area contributed by atoms with Gasteiger partial charge >= 0.3 is 0 Å². The van der Waals surface area contributed by atoms with Crippen molar-refractivity contribution in [2.24, 2.45) is 0 Å². The molecule has 0 bridgehead atoms. The van der Waals surface area contributed by atoms with Crippen LogP contribution in [0.4, 0.5) is 0 Å². The van der Waals surface area contributed by atoms with Crippen LogP contribution in [0.15, 0.2) is 115 Å². The van der Waals surface area contributed by atoms with Crippen molar-refractivity contribution in [1.82, 2.24) is 9.88 Å². The number of carbonyl (C=O) groups is 1. The molecule has 1 aromatic heterocycles. The molecule has 5 aromatic rings. The van der Waals surface area contributed by atoms with Gasteiger partial charge in [-0.15, -0.1) is 0 Å². The van der Waals surface area contributed by atoms with Gasteiger partial charge in [-0.3, -0.25) is 4.79 Å². The topological polar surface area (TPSA) is 52.5 Å². The largest absolute Gasteiger partial charge is 0.497 e. The van der Waals surface area contributed by atoms with Gasteiger partial charge in [0, 0.05) is 11.8 Å². The third-order valence-electron chi connectivity index (χ3n) is 6.98. The molecule has 0 saturated carbocycles. The van der Waals surface area contributed by atoms with Gasteiger partial charge in [0.15, 0.2) is 0 Å². The van der Waals surface area contributed by atoms with E-state index in [9.17, 15) is 4.79 Å². The number of hydrogen-bond donors (Lipinski definition) is 1. The SMILES string of the molecule is COc1ccc(OC)c(-n2c(-c3ccccc3)cc(C(=O)N[C@@H](Cc3ccccc3)c3ccccc3)c2C)c1. The van der Waals surface area contributed by atoms with Crippen molar-refractivity contribution in [1.29, 1.82) is 0 Å². The molecule has 1 amide bonds. The first kappa shape index (κ1) is 25.9. The predicted molar refractivity (Wildman–Crippen MR) is 156 cm³/mol. The molecular weight excluding hydrogens is 484 g/mol. The molecule has 0 unspecified atom stereocenters. The van der Waals surface area contributed by atoms with Crippen LogP contribution in [0.2, 0.25) is 0 Å². The van der Waals surface area contributed by atoms with Gasteiger partial charge in [-0.05, 0) is 48.2 Å². The van der Waals surface area contributed by atoms with Crippen molar-refractivity contribution in [2.75, 3.05) is 14.2 Å². The summed E-state index contributed by atoms with van der Waals surface area (Å²) in [5.41, 5.74) is 6.32. The van der Waals surface area contributed by atoms with E-state index in [4.69, 9.17) is 9.47 Å². The molecule has 0 saturated heterocycles. The van der Waals surface area contributed by atoms with E-state index in [1.165, 1.54) is 0 Å². The summed E-state index contributed by atoms with van der Waals surface area (Å²) in [5, 5.41) is 3.33. The number of ether oxygens (including phenoxy) is 2. The molecule has 5 rings (SSSR count). The van der Waals surface area contributed by atoms with Gasteiger partial charge in [0.05, 0.1) is 37.2 Å². The minimum atomic E-state index is -0.185. The third kappa shape index (κ3) is 5.58. The molecule has 5 heteroatoms. The van der Waals surface area contributed by atoms with Crippen LogP contribution in [0.5, 0.6) is 11.5 Å². The van der Waals surface area contributed by atoms with Crippen LogP contribution in [-0.4, -0.2) is 24.7 Å². The fraction of sp³-hybridized carbons (Fsp3) is 0.147. The number of rotatable bonds is 9. The highest BCUT2D eigenvalue weighted by Crippen LogP contribution is 2.36. The van der Waals surface area contributed by atoms with Gasteiger partial charge in [0.1, 0.15) is 11.5 Å². The van der Waals surface area contributed by atoms with E-state index in [0.717, 1.165) is 33.8 Å². The number of amides is 1. The molecule has 0 aliphatic carbocycles. The Hall–Kier alpha value is -4.77. The fourth-order valence-corrected chi connectivity index (χ4v) is 4.96. The summed E-state index contributed by atoms with van der Waals surface area (Å²) in [6, 6.07) is 37.9. The molecule has 1 N–H and O–H groups in total. The molecule has 0 aliphatic heterocycles. The zero-order valence-electron chi connectivity index (χ0n) is 22.4. The van der Waals surface area contributed by atoms with Gasteiger partial charge < -0.3 is 19.4 Å². The standard InChI is InChI=1S/C34H32N2O3/c1-24-29(34(37)35-30(26-15-9-5-10-16-26)21-25-13-7-4-8-14-25)23-31(27-17-11-6-12-18-27)36(24)32-22-28(38-2)19-20-33(32)39-3/h4-20,22-23,30H,21H2,1-3H3,(H,35,37)/t30-/m0/s1. The number of carbonyl (C=O) groups excluding carboxylic acids is 1. The number of hydrogen-bond acceptors (Lipinski definition) is 3. The number of nitrogens with one attached hydrogen (secondary N) is 1. The molecule has 0 spiro atoms. The monoisotopic (exact) mass is 516 g/mol. The average molecular weight is 517 g/mol. The molecule has 0 aliphatic rings. The van der Waals surface area contributed by atoms with E-state index in [-0.39, 0.29) is 11.9 Å². The third-order valence-corrected chi connectivity index (χ3v) is 6.98. The summed E-state index contributed by atoms with van der Waals surface area (Å²) in [6.07, 6.45) is 0.686. The minimum Gasteiger partial charge on any atom is -0.497 e. The second-order valence-electron chi connectivity index (χ2n) is 9.39. The van der Waals surface area contributed by atoms with Crippen molar-refractivity contribution in [3.05, 3.63) is 138 Å². The maximum absolute atomic E-state index is 14.0. The van der Waals surface area contributed by atoms with Crippen LogP contribution >= 0.6 is 0 Å². The maximum atomic E-state index is 14.0. The second-order valence-corrected chi connectivity index (χ2v) is 9.39. The number of methoxy groups -OCH3 is 2. The zero-order valence-corrected chi connectivity index (χ0v) is 22.4. The quantitative estimate of drug-likeness (QED) is 0.226. The molecule has 39 heavy (non-hydrogen) atoms. The van der Waals surface area contributed by atoms with Crippen molar-refractivity contribution in [3.63, 3.8) is 0 Å². The lowest BCUT2D eigenvalue weighted by molar-refractivity contribution is 0.0936. The summed E-state index contributed by atoms with van der Waals surface area (Å²) in [7, 11) is 3.29. The Morgan fingerprint density at radius 1 is 0.795 bits per heavy atom. The Labute approximate surface area is 229 Å². The van der Waals surface area contributed by atoms with Crippen LogP contribution in [0.1, 0.15) is 33.2 Å². The highest BCUT2D eigenvalue weighted by Gasteiger charge is 2.24. The van der Waals surface area contributed by atoms with Crippen molar-refractivity contribution >= 4 is 5.91 Å². The summed E-state index contributed by atoms with van der Waals surface area (Å²) in [6.45, 7) is 1.97. The Bertz CT molecular complexity index is 1540. The highest BCUT2D eigenvalue weighted by atomic mass is 16.5. The van der Waals surface area contributed by atoms with Crippen LogP contribution < -0.4 is 14.8 Å². The maximum Gasteiger partial charge on any atom is 0.253 e. The lowest BCUT2D eigenvalue weighted by Crippen LogP contribution is -2.30. The molecule has 196 valence electrons. The van der Waals surface area contributed by atoms with E-state index in [2.05, 4.69) is 34.1 Å². The highest BCUT2D eigenvalue weighted by molar-refractivity contribution is 5.97. The minimum absolute atomic E-state index is 0.130. The van der Waals surface area contributed by atoms with Gasteiger partial charge in [0.2, 0.25) is 0 Å². The molecule has 1 atom stereocenters. The van der Waals surface area contributed by atoms with Crippen LogP contribution in [0.3, 0.4) is 0 Å². The fourth-order valence-electron chi connectivity index (χ4n) is 4.96. The van der Waals surface area contributed by atoms with E-state index < -0.39 is 0 Å². The van der Waals surface area contributed by atoms with Crippen LogP contribution in [0, 0.1) is 6.92 Å². The number of nitrogens with zero attached hydrogens (tertiary/aromatic N) is 1. The smallest absolute Gasteiger partial charge is 0.253 e. The van der Waals surface area contributed by atoms with Crippen molar-refractivity contribution in [3.8, 4) is 28.4 Å². The van der Waals surface area contributed by atoms with Gasteiger partial charge in [-0.1, -0.05) is 91.0 Å². The number of benzene rings is 4. The van der Waals surface area contributed by atoms with Crippen molar-refractivity contribution in [2.45, 2.75) is 19.4 Å². The van der Waals surface area contributed by atoms with Crippen molar-refractivity contribution < 1.29 is 14.3 Å². The Morgan fingerprint density at radius 3 is 2.08 bits per heavy atom. The summed E-state index contributed by atoms with van der Waals surface area (Å²) in [4.78, 5) is 14.0. The van der Waals surface area contributed by atoms with Gasteiger partial charge in [0.25, 0.3) is 5.91 Å². The summed E-state index contributed by atoms with van der Waals surface area (Å²) < 4.78 is 13.3. The summed E-state index contributed by atoms with van der Waals surface area (Å²) in [5.74, 6) is 1.26. The summed E-state index contributed by atoms with van der Waals surface area (Å²) >= 11 is 0. The predicted octanol–water partition coefficient (Wildman–Crippen LogP) is 7.18. The molecule has 0 fully saturated rings. The normalized spacial score (nSPS) is 11.6. The average Bonchev–Trinajstić information content (AvgIpc) is 3.34. The van der Waals surface area contributed by atoms with Crippen LogP contribution in [0.25, 0.3) is 16.9 Å². The lowest BCUT2D eigenvalue weighted by Gasteiger charge is -2.20. The molecule has 0 radical (unpaired) electrons. The Balaban J connectivity index is 1.59. The zero-order chi connectivity index (χ0) is 27.2. The first-order chi connectivity index (χ1) is 19.1. The first-order valence-corrected chi connectivity index (χ1v) is 13.0. The van der Waals surface area contributed by atoms with E-state index in [0.29, 0.717) is 23.5 Å². The van der Waals surface area contributed by atoms with Crippen LogP contribution in [-0.2, 0) is 6.42 Å². The Kier molecular flexibility index (Phi) is 7.78.